The molecule has 2 fully saturated rings. The molecule has 2 unspecified atom stereocenters. The van der Waals surface area contributed by atoms with Crippen LogP contribution in [0.4, 0.5) is 0 Å². The number of ether oxygens (including phenoxy) is 1. The maximum absolute atomic E-state index is 6.37. The molecule has 2 heterocycles. The Kier molecular flexibility index (Phi) is 3.39. The van der Waals surface area contributed by atoms with E-state index in [1.807, 2.05) is 6.07 Å². The molecule has 0 bridgehead atoms. The van der Waals surface area contributed by atoms with E-state index in [1.165, 1.54) is 25.7 Å². The van der Waals surface area contributed by atoms with Crippen LogP contribution >= 0.6 is 11.6 Å². The normalized spacial score (nSPS) is 28.7. The Morgan fingerprint density at radius 3 is 2.83 bits per heavy atom. The van der Waals surface area contributed by atoms with E-state index >= 15 is 0 Å². The van der Waals surface area contributed by atoms with Crippen molar-refractivity contribution in [3.63, 3.8) is 0 Å². The Morgan fingerprint density at radius 1 is 1.39 bits per heavy atom. The van der Waals surface area contributed by atoms with E-state index in [9.17, 15) is 0 Å². The second-order valence-electron chi connectivity index (χ2n) is 5.67. The van der Waals surface area contributed by atoms with Crippen LogP contribution < -0.4 is 5.73 Å². The van der Waals surface area contributed by atoms with Crippen LogP contribution in [0.1, 0.15) is 50.1 Å². The third-order valence-electron chi connectivity index (χ3n) is 4.56. The molecule has 3 nitrogen and oxygen atoms in total. The highest BCUT2D eigenvalue weighted by Crippen LogP contribution is 2.45. The van der Waals surface area contributed by atoms with Crippen LogP contribution in [-0.2, 0) is 4.74 Å². The van der Waals surface area contributed by atoms with Crippen LogP contribution in [-0.4, -0.2) is 12.2 Å². The topological polar surface area (TPSA) is 48.4 Å². The maximum Gasteiger partial charge on any atom is 0.197 e. The third-order valence-corrected chi connectivity index (χ3v) is 4.87. The number of halogens is 1. The molecular weight excluding hydrogens is 250 g/mol. The van der Waals surface area contributed by atoms with Gasteiger partial charge in [0.05, 0.1) is 11.9 Å². The minimum atomic E-state index is -0.0300. The van der Waals surface area contributed by atoms with Crippen molar-refractivity contribution in [1.82, 2.24) is 0 Å². The first-order valence-electron chi connectivity index (χ1n) is 6.83. The molecule has 1 aromatic rings. The summed E-state index contributed by atoms with van der Waals surface area (Å²) in [4.78, 5) is 0. The van der Waals surface area contributed by atoms with Crippen molar-refractivity contribution < 1.29 is 9.15 Å². The van der Waals surface area contributed by atoms with Crippen molar-refractivity contribution in [1.29, 1.82) is 0 Å². The first-order chi connectivity index (χ1) is 8.70. The molecule has 3 rings (SSSR count). The molecule has 1 aromatic heterocycles. The number of hydrogen-bond donors (Lipinski definition) is 1. The van der Waals surface area contributed by atoms with Gasteiger partial charge in [0.15, 0.2) is 5.22 Å². The van der Waals surface area contributed by atoms with Gasteiger partial charge in [0, 0.05) is 18.2 Å². The summed E-state index contributed by atoms with van der Waals surface area (Å²) in [6.45, 7) is 0.827. The summed E-state index contributed by atoms with van der Waals surface area (Å²) in [6, 6.07) is 1.86. The standard InChI is InChI=1S/C14H20ClNO2/c15-13-11(4-7-17-13)12(16)10-3-8-18-14(9-10)5-1-2-6-14/h4,7,10,12H,1-3,5-6,8-9,16H2. The van der Waals surface area contributed by atoms with Crippen LogP contribution in [0.3, 0.4) is 0 Å². The summed E-state index contributed by atoms with van der Waals surface area (Å²) in [5, 5.41) is 0.439. The maximum atomic E-state index is 6.37. The van der Waals surface area contributed by atoms with Crippen LogP contribution in [0.2, 0.25) is 5.22 Å². The minimum absolute atomic E-state index is 0.0300. The second kappa shape index (κ2) is 4.87. The summed E-state index contributed by atoms with van der Waals surface area (Å²) in [5.41, 5.74) is 7.42. The van der Waals surface area contributed by atoms with E-state index in [2.05, 4.69) is 0 Å². The van der Waals surface area contributed by atoms with E-state index in [4.69, 9.17) is 26.5 Å². The van der Waals surface area contributed by atoms with Gasteiger partial charge in [0.25, 0.3) is 0 Å². The molecule has 0 radical (unpaired) electrons. The number of furan rings is 1. The lowest BCUT2D eigenvalue weighted by atomic mass is 9.79. The van der Waals surface area contributed by atoms with Crippen LogP contribution in [0.15, 0.2) is 16.7 Å². The molecule has 18 heavy (non-hydrogen) atoms. The molecule has 0 aromatic carbocycles. The van der Waals surface area contributed by atoms with Gasteiger partial charge in [-0.05, 0) is 49.3 Å². The summed E-state index contributed by atoms with van der Waals surface area (Å²) >= 11 is 6.03. The quantitative estimate of drug-likeness (QED) is 0.891. The molecule has 0 amide bonds. The first-order valence-corrected chi connectivity index (χ1v) is 7.20. The number of hydrogen-bond acceptors (Lipinski definition) is 3. The van der Waals surface area contributed by atoms with E-state index in [0.717, 1.165) is 25.0 Å². The summed E-state index contributed by atoms with van der Waals surface area (Å²) in [7, 11) is 0. The molecule has 1 aliphatic carbocycles. The van der Waals surface area contributed by atoms with Gasteiger partial charge in [0.1, 0.15) is 0 Å². The highest BCUT2D eigenvalue weighted by molar-refractivity contribution is 6.29. The zero-order valence-electron chi connectivity index (χ0n) is 10.5. The average molecular weight is 270 g/mol. The van der Waals surface area contributed by atoms with Gasteiger partial charge in [0.2, 0.25) is 0 Å². The van der Waals surface area contributed by atoms with Crippen molar-refractivity contribution in [2.24, 2.45) is 11.7 Å². The van der Waals surface area contributed by atoms with Crippen LogP contribution in [0.5, 0.6) is 0 Å². The lowest BCUT2D eigenvalue weighted by Gasteiger charge is -2.40. The summed E-state index contributed by atoms with van der Waals surface area (Å²) in [5.74, 6) is 0.451. The fraction of sp³-hybridized carbons (Fsp3) is 0.714. The Labute approximate surface area is 113 Å². The largest absolute Gasteiger partial charge is 0.453 e. The molecule has 100 valence electrons. The van der Waals surface area contributed by atoms with Gasteiger partial charge in [-0.3, -0.25) is 0 Å². The van der Waals surface area contributed by atoms with Crippen molar-refractivity contribution in [2.45, 2.75) is 50.2 Å². The third kappa shape index (κ3) is 2.20. The molecule has 2 N–H and O–H groups in total. The monoisotopic (exact) mass is 269 g/mol. The predicted octanol–water partition coefficient (Wildman–Crippen LogP) is 3.67. The molecule has 1 spiro atoms. The Hall–Kier alpha value is -0.510. The average Bonchev–Trinajstić information content (AvgIpc) is 2.98. The first kappa shape index (κ1) is 12.5. The zero-order valence-corrected chi connectivity index (χ0v) is 11.3. The van der Waals surface area contributed by atoms with E-state index in [-0.39, 0.29) is 11.6 Å². The fourth-order valence-electron chi connectivity index (χ4n) is 3.54. The minimum Gasteiger partial charge on any atom is -0.453 e. The van der Waals surface area contributed by atoms with Crippen molar-refractivity contribution in [2.75, 3.05) is 6.61 Å². The lowest BCUT2D eigenvalue weighted by molar-refractivity contribution is -0.0964. The molecule has 4 heteroatoms. The van der Waals surface area contributed by atoms with E-state index in [0.29, 0.717) is 11.1 Å². The van der Waals surface area contributed by atoms with E-state index in [1.54, 1.807) is 6.26 Å². The Balaban J connectivity index is 1.74. The van der Waals surface area contributed by atoms with Crippen molar-refractivity contribution in [3.8, 4) is 0 Å². The van der Waals surface area contributed by atoms with Crippen LogP contribution in [0, 0.1) is 5.92 Å². The molecule has 1 saturated heterocycles. The zero-order chi connectivity index (χ0) is 12.6. The molecule has 2 atom stereocenters. The van der Waals surface area contributed by atoms with Gasteiger partial charge >= 0.3 is 0 Å². The van der Waals surface area contributed by atoms with Crippen molar-refractivity contribution in [3.05, 3.63) is 23.1 Å². The van der Waals surface area contributed by atoms with Gasteiger partial charge in [-0.2, -0.15) is 0 Å². The second-order valence-corrected chi connectivity index (χ2v) is 6.01. The molecule has 1 aliphatic heterocycles. The van der Waals surface area contributed by atoms with Gasteiger partial charge < -0.3 is 14.9 Å². The SMILES string of the molecule is NC(c1ccoc1Cl)C1CCOC2(CCCC2)C1. The van der Waals surface area contributed by atoms with Gasteiger partial charge in [-0.1, -0.05) is 12.8 Å². The van der Waals surface area contributed by atoms with Crippen LogP contribution in [0.25, 0.3) is 0 Å². The van der Waals surface area contributed by atoms with Gasteiger partial charge in [-0.15, -0.1) is 0 Å². The van der Waals surface area contributed by atoms with E-state index < -0.39 is 0 Å². The fourth-order valence-corrected chi connectivity index (χ4v) is 3.78. The molecule has 2 aliphatic rings. The Bertz CT molecular complexity index is 412. The summed E-state index contributed by atoms with van der Waals surface area (Å²) < 4.78 is 11.2. The number of nitrogens with two attached hydrogens (primary N) is 1. The predicted molar refractivity (Wildman–Crippen MR) is 70.5 cm³/mol. The lowest BCUT2D eigenvalue weighted by Crippen LogP contribution is -2.40. The summed E-state index contributed by atoms with van der Waals surface area (Å²) in [6.07, 6.45) is 8.65. The smallest absolute Gasteiger partial charge is 0.197 e. The van der Waals surface area contributed by atoms with Gasteiger partial charge in [-0.25, -0.2) is 0 Å². The van der Waals surface area contributed by atoms with Crippen molar-refractivity contribution >= 4 is 11.6 Å². The highest BCUT2D eigenvalue weighted by atomic mass is 35.5. The number of rotatable bonds is 2. The Morgan fingerprint density at radius 2 is 2.17 bits per heavy atom. The molecular formula is C14H20ClNO2. The highest BCUT2D eigenvalue weighted by Gasteiger charge is 2.41. The molecule has 1 saturated carbocycles.